The molecule has 0 spiro atoms. The molecule has 0 radical (unpaired) electrons. The number of nitrogens with two attached hydrogens (primary N) is 1. The monoisotopic (exact) mass is 294 g/mol. The molecular formula is C13H18N4O2S. The Morgan fingerprint density at radius 2 is 2.20 bits per heavy atom. The van der Waals surface area contributed by atoms with E-state index in [1.54, 1.807) is 12.4 Å². The highest BCUT2D eigenvalue weighted by Gasteiger charge is 2.27. The second-order valence-corrected chi connectivity index (χ2v) is 5.90. The van der Waals surface area contributed by atoms with Crippen molar-refractivity contribution in [1.29, 1.82) is 0 Å². The molecule has 0 aliphatic rings. The molecule has 2 aromatic heterocycles. The van der Waals surface area contributed by atoms with Gasteiger partial charge in [-0.2, -0.15) is 0 Å². The number of nitrogens with one attached hydrogen (secondary N) is 1. The zero-order valence-electron chi connectivity index (χ0n) is 11.5. The first-order valence-electron chi connectivity index (χ1n) is 6.43. The molecule has 1 unspecified atom stereocenters. The van der Waals surface area contributed by atoms with Crippen LogP contribution in [0.2, 0.25) is 0 Å². The SMILES string of the molecule is CCC(C)(CCO)NC(=O)c1sc2nccnc2c1N. The first kappa shape index (κ1) is 14.7. The molecule has 0 aliphatic carbocycles. The lowest BCUT2D eigenvalue weighted by atomic mass is 9.95. The number of anilines is 1. The number of thiophene rings is 1. The lowest BCUT2D eigenvalue weighted by molar-refractivity contribution is 0.0891. The predicted octanol–water partition coefficient (Wildman–Crippen LogP) is 1.55. The van der Waals surface area contributed by atoms with Crippen LogP contribution in [0.5, 0.6) is 0 Å². The van der Waals surface area contributed by atoms with Crippen LogP contribution in [0.4, 0.5) is 5.69 Å². The molecule has 7 heteroatoms. The topological polar surface area (TPSA) is 101 Å². The summed E-state index contributed by atoms with van der Waals surface area (Å²) in [5.74, 6) is -0.245. The Bertz CT molecular complexity index is 628. The summed E-state index contributed by atoms with van der Waals surface area (Å²) in [5.41, 5.74) is 6.44. The molecule has 0 bridgehead atoms. The molecule has 6 nitrogen and oxygen atoms in total. The number of hydrogen-bond acceptors (Lipinski definition) is 6. The maximum absolute atomic E-state index is 12.4. The van der Waals surface area contributed by atoms with E-state index in [4.69, 9.17) is 10.8 Å². The Morgan fingerprint density at radius 3 is 2.80 bits per heavy atom. The van der Waals surface area contributed by atoms with Crippen LogP contribution in [-0.2, 0) is 0 Å². The second kappa shape index (κ2) is 5.72. The minimum atomic E-state index is -0.449. The van der Waals surface area contributed by atoms with Crippen LogP contribution in [0.25, 0.3) is 10.3 Å². The Hall–Kier alpha value is -1.73. The predicted molar refractivity (Wildman–Crippen MR) is 79.7 cm³/mol. The van der Waals surface area contributed by atoms with Gasteiger partial charge < -0.3 is 16.2 Å². The van der Waals surface area contributed by atoms with Crippen molar-refractivity contribution in [2.75, 3.05) is 12.3 Å². The van der Waals surface area contributed by atoms with E-state index in [9.17, 15) is 4.79 Å². The quantitative estimate of drug-likeness (QED) is 0.776. The van der Waals surface area contributed by atoms with Crippen molar-refractivity contribution >= 4 is 33.3 Å². The Kier molecular flexibility index (Phi) is 4.20. The molecule has 1 atom stereocenters. The van der Waals surface area contributed by atoms with Gasteiger partial charge in [-0.1, -0.05) is 6.92 Å². The number of aliphatic hydroxyl groups is 1. The van der Waals surface area contributed by atoms with Gasteiger partial charge in [-0.25, -0.2) is 9.97 Å². The number of carbonyl (C=O) groups excluding carboxylic acids is 1. The Labute approximate surface area is 121 Å². The average Bonchev–Trinajstić information content (AvgIpc) is 2.77. The maximum atomic E-state index is 12.4. The van der Waals surface area contributed by atoms with Gasteiger partial charge in [0.25, 0.3) is 5.91 Å². The highest BCUT2D eigenvalue weighted by molar-refractivity contribution is 7.21. The third kappa shape index (κ3) is 2.73. The number of carbonyl (C=O) groups is 1. The van der Waals surface area contributed by atoms with Crippen LogP contribution in [0.3, 0.4) is 0 Å². The molecule has 1 amide bonds. The van der Waals surface area contributed by atoms with Crippen molar-refractivity contribution in [2.24, 2.45) is 0 Å². The first-order valence-corrected chi connectivity index (χ1v) is 7.24. The highest BCUT2D eigenvalue weighted by Crippen LogP contribution is 2.31. The smallest absolute Gasteiger partial charge is 0.264 e. The molecule has 2 aromatic rings. The molecule has 20 heavy (non-hydrogen) atoms. The largest absolute Gasteiger partial charge is 0.396 e. The zero-order chi connectivity index (χ0) is 14.8. The van der Waals surface area contributed by atoms with Crippen LogP contribution in [0, 0.1) is 0 Å². The highest BCUT2D eigenvalue weighted by atomic mass is 32.1. The number of fused-ring (bicyclic) bond motifs is 1. The van der Waals surface area contributed by atoms with E-state index < -0.39 is 5.54 Å². The average molecular weight is 294 g/mol. The van der Waals surface area contributed by atoms with Gasteiger partial charge in [0.05, 0.1) is 5.69 Å². The minimum Gasteiger partial charge on any atom is -0.396 e. The van der Waals surface area contributed by atoms with Crippen molar-refractivity contribution < 1.29 is 9.90 Å². The number of nitrogens with zero attached hydrogens (tertiary/aromatic N) is 2. The van der Waals surface area contributed by atoms with Gasteiger partial charge in [0.1, 0.15) is 15.2 Å². The summed E-state index contributed by atoms with van der Waals surface area (Å²) in [6, 6.07) is 0. The van der Waals surface area contributed by atoms with E-state index in [2.05, 4.69) is 15.3 Å². The molecule has 2 heterocycles. The Morgan fingerprint density at radius 1 is 1.50 bits per heavy atom. The summed E-state index contributed by atoms with van der Waals surface area (Å²) < 4.78 is 0. The van der Waals surface area contributed by atoms with Gasteiger partial charge in [-0.05, 0) is 19.8 Å². The molecular weight excluding hydrogens is 276 g/mol. The van der Waals surface area contributed by atoms with Gasteiger partial charge in [0.2, 0.25) is 0 Å². The van der Waals surface area contributed by atoms with Crippen molar-refractivity contribution in [3.05, 3.63) is 17.3 Å². The van der Waals surface area contributed by atoms with Crippen LogP contribution in [0.15, 0.2) is 12.4 Å². The minimum absolute atomic E-state index is 0.0234. The number of hydrogen-bond donors (Lipinski definition) is 3. The second-order valence-electron chi connectivity index (χ2n) is 4.90. The van der Waals surface area contributed by atoms with Crippen LogP contribution < -0.4 is 11.1 Å². The van der Waals surface area contributed by atoms with Gasteiger partial charge in [-0.3, -0.25) is 4.79 Å². The third-order valence-corrected chi connectivity index (χ3v) is 4.53. The number of amides is 1. The zero-order valence-corrected chi connectivity index (χ0v) is 12.3. The Balaban J connectivity index is 2.29. The number of aliphatic hydroxyl groups excluding tert-OH is 1. The first-order chi connectivity index (χ1) is 9.50. The van der Waals surface area contributed by atoms with Gasteiger partial charge >= 0.3 is 0 Å². The summed E-state index contributed by atoms with van der Waals surface area (Å²) in [6.45, 7) is 3.89. The van der Waals surface area contributed by atoms with Crippen LogP contribution >= 0.6 is 11.3 Å². The number of nitrogen functional groups attached to an aromatic ring is 1. The van der Waals surface area contributed by atoms with Crippen molar-refractivity contribution in [1.82, 2.24) is 15.3 Å². The maximum Gasteiger partial charge on any atom is 0.264 e. The van der Waals surface area contributed by atoms with Crippen LogP contribution in [0.1, 0.15) is 36.4 Å². The number of aromatic nitrogens is 2. The fraction of sp³-hybridized carbons (Fsp3) is 0.462. The van der Waals surface area contributed by atoms with Gasteiger partial charge in [0.15, 0.2) is 0 Å². The lowest BCUT2D eigenvalue weighted by Crippen LogP contribution is -2.46. The van der Waals surface area contributed by atoms with Crippen LogP contribution in [-0.4, -0.2) is 33.1 Å². The normalized spacial score (nSPS) is 14.2. The van der Waals surface area contributed by atoms with E-state index in [0.717, 1.165) is 6.42 Å². The molecule has 4 N–H and O–H groups in total. The summed E-state index contributed by atoms with van der Waals surface area (Å²) in [5, 5.41) is 12.0. The third-order valence-electron chi connectivity index (χ3n) is 3.43. The summed E-state index contributed by atoms with van der Waals surface area (Å²) in [4.78, 5) is 21.7. The molecule has 0 fully saturated rings. The molecule has 0 saturated carbocycles. The van der Waals surface area contributed by atoms with Crippen molar-refractivity contribution in [3.8, 4) is 0 Å². The van der Waals surface area contributed by atoms with Crippen molar-refractivity contribution in [3.63, 3.8) is 0 Å². The molecule has 0 aliphatic heterocycles. The van der Waals surface area contributed by atoms with E-state index >= 15 is 0 Å². The van der Waals surface area contributed by atoms with Crippen molar-refractivity contribution in [2.45, 2.75) is 32.2 Å². The van der Waals surface area contributed by atoms with E-state index in [1.807, 2.05) is 13.8 Å². The fourth-order valence-corrected chi connectivity index (χ4v) is 2.83. The lowest BCUT2D eigenvalue weighted by Gasteiger charge is -2.28. The van der Waals surface area contributed by atoms with E-state index in [1.165, 1.54) is 11.3 Å². The van der Waals surface area contributed by atoms with Gasteiger partial charge in [0, 0.05) is 24.5 Å². The number of rotatable bonds is 5. The summed E-state index contributed by atoms with van der Waals surface area (Å²) in [6.07, 6.45) is 4.34. The molecule has 2 rings (SSSR count). The summed E-state index contributed by atoms with van der Waals surface area (Å²) in [7, 11) is 0. The fourth-order valence-electron chi connectivity index (χ4n) is 1.92. The van der Waals surface area contributed by atoms with Gasteiger partial charge in [-0.15, -0.1) is 11.3 Å². The summed E-state index contributed by atoms with van der Waals surface area (Å²) >= 11 is 1.23. The standard InChI is InChI=1S/C13H18N4O2S/c1-3-13(2,4-7-18)17-11(19)10-8(14)9-12(20-10)16-6-5-15-9/h5-6,18H,3-4,7,14H2,1-2H3,(H,17,19). The molecule has 0 aromatic carbocycles. The molecule has 0 saturated heterocycles. The molecule has 108 valence electrons. The van der Waals surface area contributed by atoms with E-state index in [-0.39, 0.29) is 12.5 Å². The van der Waals surface area contributed by atoms with E-state index in [0.29, 0.717) is 27.3 Å².